The van der Waals surface area contributed by atoms with E-state index in [0.29, 0.717) is 5.95 Å². The van der Waals surface area contributed by atoms with Crippen molar-refractivity contribution >= 4 is 27.5 Å². The number of rotatable bonds is 5. The Morgan fingerprint density at radius 3 is 3.00 bits per heavy atom. The molecule has 3 aromatic rings. The minimum atomic E-state index is 0.688. The predicted molar refractivity (Wildman–Crippen MR) is 82.7 cm³/mol. The van der Waals surface area contributed by atoms with Crippen LogP contribution in [0.3, 0.4) is 0 Å². The summed E-state index contributed by atoms with van der Waals surface area (Å²) in [5.74, 6) is 2.61. The van der Waals surface area contributed by atoms with E-state index in [0.717, 1.165) is 41.2 Å². The summed E-state index contributed by atoms with van der Waals surface area (Å²) >= 11 is 1.63. The fourth-order valence-corrected chi connectivity index (χ4v) is 2.89. The fourth-order valence-electron chi connectivity index (χ4n) is 2.13. The minimum absolute atomic E-state index is 0.688. The van der Waals surface area contributed by atoms with Gasteiger partial charge < -0.3 is 5.32 Å². The summed E-state index contributed by atoms with van der Waals surface area (Å²) in [6.07, 6.45) is 5.70. The molecule has 0 radical (unpaired) electrons. The third-order valence-corrected chi connectivity index (χ3v) is 3.91. The van der Waals surface area contributed by atoms with Gasteiger partial charge in [-0.3, -0.25) is 4.57 Å². The monoisotopic (exact) mass is 287 g/mol. The summed E-state index contributed by atoms with van der Waals surface area (Å²) in [4.78, 5) is 14.6. The summed E-state index contributed by atoms with van der Waals surface area (Å²) in [6, 6.07) is 2.07. The summed E-state index contributed by atoms with van der Waals surface area (Å²) in [6.45, 7) is 5.10. The van der Waals surface area contributed by atoms with Crippen LogP contribution in [0, 0.1) is 0 Å². The molecule has 3 aromatic heterocycles. The van der Waals surface area contributed by atoms with E-state index in [1.807, 2.05) is 17.0 Å². The van der Waals surface area contributed by atoms with Crippen LogP contribution in [0.4, 0.5) is 5.95 Å². The lowest BCUT2D eigenvalue weighted by Crippen LogP contribution is -2.08. The van der Waals surface area contributed by atoms with Crippen LogP contribution >= 0.6 is 11.3 Å². The van der Waals surface area contributed by atoms with Crippen LogP contribution in [-0.2, 0) is 6.42 Å². The van der Waals surface area contributed by atoms with Gasteiger partial charge in [-0.15, -0.1) is 11.3 Å². The predicted octanol–water partition coefficient (Wildman–Crippen LogP) is 3.26. The molecule has 0 aromatic carbocycles. The van der Waals surface area contributed by atoms with Crippen LogP contribution in [0.15, 0.2) is 23.8 Å². The van der Waals surface area contributed by atoms with Gasteiger partial charge in [0.2, 0.25) is 5.95 Å². The lowest BCUT2D eigenvalue weighted by molar-refractivity contribution is 0.867. The molecule has 6 heteroatoms. The normalized spacial score (nSPS) is 11.1. The second kappa shape index (κ2) is 5.58. The number of hydrogen-bond donors (Lipinski definition) is 1. The highest BCUT2D eigenvalue weighted by atomic mass is 32.1. The lowest BCUT2D eigenvalue weighted by atomic mass is 10.3. The summed E-state index contributed by atoms with van der Waals surface area (Å²) in [5, 5.41) is 6.39. The van der Waals surface area contributed by atoms with Gasteiger partial charge in [0, 0.05) is 25.4 Å². The Balaban J connectivity index is 2.14. The number of nitrogens with zero attached hydrogens (tertiary/aromatic N) is 4. The molecule has 3 rings (SSSR count). The standard InChI is InChI=1S/C14H17N5S/c1-3-6-16-14-17-12(10-5-9-20-13(10)18-14)19-8-7-15-11(19)4-2/h5,7-9H,3-4,6H2,1-2H3,(H,16,17,18). The molecule has 0 fully saturated rings. The van der Waals surface area contributed by atoms with Crippen LogP contribution in [0.1, 0.15) is 26.1 Å². The van der Waals surface area contributed by atoms with Gasteiger partial charge in [0.25, 0.3) is 0 Å². The fraction of sp³-hybridized carbons (Fsp3) is 0.357. The summed E-state index contributed by atoms with van der Waals surface area (Å²) in [7, 11) is 0. The van der Waals surface area contributed by atoms with Gasteiger partial charge in [-0.2, -0.15) is 4.98 Å². The Bertz CT molecular complexity index is 715. The first-order valence-corrected chi connectivity index (χ1v) is 7.73. The molecule has 1 N–H and O–H groups in total. The van der Waals surface area contributed by atoms with Gasteiger partial charge in [0.05, 0.1) is 5.39 Å². The Morgan fingerprint density at radius 2 is 2.20 bits per heavy atom. The Morgan fingerprint density at radius 1 is 1.30 bits per heavy atom. The van der Waals surface area contributed by atoms with Crippen molar-refractivity contribution in [1.29, 1.82) is 0 Å². The van der Waals surface area contributed by atoms with Gasteiger partial charge in [0.1, 0.15) is 10.7 Å². The van der Waals surface area contributed by atoms with Crippen LogP contribution in [-0.4, -0.2) is 26.1 Å². The smallest absolute Gasteiger partial charge is 0.226 e. The first-order chi connectivity index (χ1) is 9.83. The molecule has 5 nitrogen and oxygen atoms in total. The first-order valence-electron chi connectivity index (χ1n) is 6.85. The highest BCUT2D eigenvalue weighted by Gasteiger charge is 2.12. The largest absolute Gasteiger partial charge is 0.354 e. The van der Waals surface area contributed by atoms with Crippen molar-refractivity contribution in [2.75, 3.05) is 11.9 Å². The number of aryl methyl sites for hydroxylation is 1. The molecule has 20 heavy (non-hydrogen) atoms. The van der Waals surface area contributed by atoms with Gasteiger partial charge in [-0.05, 0) is 17.9 Å². The van der Waals surface area contributed by atoms with Gasteiger partial charge in [0.15, 0.2) is 5.82 Å². The van der Waals surface area contributed by atoms with Crippen LogP contribution in [0.5, 0.6) is 0 Å². The second-order valence-corrected chi connectivity index (χ2v) is 5.40. The molecule has 0 aliphatic carbocycles. The van der Waals surface area contributed by atoms with E-state index in [4.69, 9.17) is 0 Å². The van der Waals surface area contributed by atoms with Crippen LogP contribution in [0.2, 0.25) is 0 Å². The molecular weight excluding hydrogens is 270 g/mol. The molecule has 0 saturated heterocycles. The van der Waals surface area contributed by atoms with E-state index >= 15 is 0 Å². The van der Waals surface area contributed by atoms with Gasteiger partial charge >= 0.3 is 0 Å². The lowest BCUT2D eigenvalue weighted by Gasteiger charge is -2.10. The van der Waals surface area contributed by atoms with E-state index < -0.39 is 0 Å². The number of nitrogens with one attached hydrogen (secondary N) is 1. The van der Waals surface area contributed by atoms with Crippen LogP contribution < -0.4 is 5.32 Å². The molecular formula is C14H17N5S. The third-order valence-electron chi connectivity index (χ3n) is 3.10. The second-order valence-electron chi connectivity index (χ2n) is 4.50. The van der Waals surface area contributed by atoms with Crippen molar-refractivity contribution in [2.24, 2.45) is 0 Å². The minimum Gasteiger partial charge on any atom is -0.354 e. The molecule has 104 valence electrons. The number of hydrogen-bond acceptors (Lipinski definition) is 5. The van der Waals surface area contributed by atoms with Crippen molar-refractivity contribution in [3.05, 3.63) is 29.7 Å². The summed E-state index contributed by atoms with van der Waals surface area (Å²) < 4.78 is 2.05. The zero-order valence-electron chi connectivity index (χ0n) is 11.6. The molecule has 0 unspecified atom stereocenters. The molecule has 0 aliphatic heterocycles. The third kappa shape index (κ3) is 2.27. The van der Waals surface area contributed by atoms with E-state index in [9.17, 15) is 0 Å². The van der Waals surface area contributed by atoms with E-state index in [2.05, 4.69) is 45.6 Å². The van der Waals surface area contributed by atoms with Crippen molar-refractivity contribution in [1.82, 2.24) is 19.5 Å². The molecule has 0 saturated carbocycles. The first kappa shape index (κ1) is 13.1. The van der Waals surface area contributed by atoms with Crippen molar-refractivity contribution in [3.63, 3.8) is 0 Å². The molecule has 3 heterocycles. The van der Waals surface area contributed by atoms with Crippen molar-refractivity contribution in [2.45, 2.75) is 26.7 Å². The van der Waals surface area contributed by atoms with Crippen molar-refractivity contribution < 1.29 is 0 Å². The molecule has 0 amide bonds. The topological polar surface area (TPSA) is 55.6 Å². The zero-order valence-corrected chi connectivity index (χ0v) is 12.4. The maximum atomic E-state index is 4.67. The number of aromatic nitrogens is 4. The average Bonchev–Trinajstić information content (AvgIpc) is 3.12. The number of imidazole rings is 1. The van der Waals surface area contributed by atoms with Crippen LogP contribution in [0.25, 0.3) is 16.0 Å². The number of thiophene rings is 1. The zero-order chi connectivity index (χ0) is 13.9. The molecule has 0 spiro atoms. The van der Waals surface area contributed by atoms with Crippen molar-refractivity contribution in [3.8, 4) is 5.82 Å². The van der Waals surface area contributed by atoms with E-state index in [1.165, 1.54) is 0 Å². The Labute approximate surface area is 121 Å². The Hall–Kier alpha value is -1.95. The average molecular weight is 287 g/mol. The van der Waals surface area contributed by atoms with E-state index in [-0.39, 0.29) is 0 Å². The number of fused-ring (bicyclic) bond motifs is 1. The summed E-state index contributed by atoms with van der Waals surface area (Å²) in [5.41, 5.74) is 0. The van der Waals surface area contributed by atoms with E-state index in [1.54, 1.807) is 11.3 Å². The SMILES string of the molecule is CCCNc1nc(-n2ccnc2CC)c2ccsc2n1. The molecule has 0 aliphatic rings. The molecule has 0 atom stereocenters. The highest BCUT2D eigenvalue weighted by molar-refractivity contribution is 7.16. The molecule has 0 bridgehead atoms. The van der Waals surface area contributed by atoms with Gasteiger partial charge in [-0.1, -0.05) is 13.8 Å². The highest BCUT2D eigenvalue weighted by Crippen LogP contribution is 2.26. The Kier molecular flexibility index (Phi) is 3.64. The van der Waals surface area contributed by atoms with Gasteiger partial charge in [-0.25, -0.2) is 9.97 Å². The maximum Gasteiger partial charge on any atom is 0.226 e. The quantitative estimate of drug-likeness (QED) is 0.782. The maximum absolute atomic E-state index is 4.67. The number of anilines is 1.